The van der Waals surface area contributed by atoms with Gasteiger partial charge in [-0.3, -0.25) is 52.7 Å². The van der Waals surface area contributed by atoms with Gasteiger partial charge in [0.05, 0.1) is 51.1 Å². The second kappa shape index (κ2) is 49.9. The normalized spacial score (nSPS) is 29.9. The lowest BCUT2D eigenvalue weighted by molar-refractivity contribution is -0.270. The minimum absolute atomic E-state index is 0.0125. The predicted octanol–water partition coefficient (Wildman–Crippen LogP) is -0.766. The Bertz CT molecular complexity index is 3460. The zero-order chi connectivity index (χ0) is 90.3. The number of ether oxygens (including phenoxy) is 10. The van der Waals surface area contributed by atoms with Crippen LogP contribution in [0.15, 0.2) is 11.1 Å². The van der Waals surface area contributed by atoms with Gasteiger partial charge >= 0.3 is 11.9 Å². The first-order chi connectivity index (χ1) is 59.2. The van der Waals surface area contributed by atoms with Crippen molar-refractivity contribution in [3.8, 4) is 0 Å². The number of epoxide rings is 1. The summed E-state index contributed by atoms with van der Waals surface area (Å²) in [5, 5.41) is 98.9. The average Bonchev–Trinajstić information content (AvgIpc) is 1.47. The number of carbonyl (C=O) groups is 12. The maximum absolute atomic E-state index is 14.7. The Balaban J connectivity index is 0.866. The molecule has 6 fully saturated rings. The van der Waals surface area contributed by atoms with E-state index in [0.717, 1.165) is 5.57 Å². The summed E-state index contributed by atoms with van der Waals surface area (Å²) in [6, 6.07) is -2.52. The fourth-order valence-corrected chi connectivity index (χ4v) is 18.5. The zero-order valence-electron chi connectivity index (χ0n) is 73.2. The van der Waals surface area contributed by atoms with Crippen LogP contribution in [-0.2, 0) is 105 Å². The molecule has 39 heteroatoms. The molecule has 17 N–H and O–H groups in total. The second-order valence-corrected chi connectivity index (χ2v) is 35.0. The van der Waals surface area contributed by atoms with Crippen LogP contribution in [0.2, 0.25) is 0 Å². The molecule has 0 aromatic heterocycles. The van der Waals surface area contributed by atoms with Crippen LogP contribution >= 0.6 is 0 Å². The molecular weight excluding hydrogens is 1620 g/mol. The fourth-order valence-electron chi connectivity index (χ4n) is 18.5. The Morgan fingerprint density at radius 1 is 0.508 bits per heavy atom. The standard InChI is InChI=1S/C85H140N10O29/c1-50(2)56-44-62-85(124-62)82(6)31-27-55-57(48-118-78(55)114)58(82)49-119-83(85,7)77(56)123-70(109)26-25-69(108)95-84(32-28-66(105)89-38-17-35-86-63(102)20-11-8-14-41-115-79-59(92-51(3)99)24-23-54(45-96)120-79,33-29-67(106)90-39-18-36-87-64(103)21-12-9-15-42-116-80-71(93-52(4)100)75(112)73(110)60(46-97)121-80)34-30-68(107)91-40-19-37-88-65(104)22-13-10-16-43-117-81-72(94-53(5)101)76(113)74(111)61(47-98)122-81/h50,54,56,58-62,71-77,79-81,96-98,110-113H,8-49H2,1-7H3,(H,86,102)(H,87,103)(H,88,104)(H,89,105)(H,90,106)(H,91,107)(H,92,99)(H,93,100)(H,94,101)(H,95,108)/t54-,56?,58?,59+,60+,61+,62-,71+,72+,73-,74-,75+,76+,77+,79+,80+,81+,82-,83+,85+/m0/s1. The lowest BCUT2D eigenvalue weighted by Gasteiger charge is -2.60. The zero-order valence-corrected chi connectivity index (χ0v) is 73.2. The number of rotatable bonds is 54. The number of esters is 2. The monoisotopic (exact) mass is 1760 g/mol. The van der Waals surface area contributed by atoms with Gasteiger partial charge in [0.2, 0.25) is 59.1 Å². The van der Waals surface area contributed by atoms with E-state index in [9.17, 15) is 93.3 Å². The molecule has 1 saturated carbocycles. The molecule has 6 heterocycles. The lowest BCUT2D eigenvalue weighted by atomic mass is 9.49. The van der Waals surface area contributed by atoms with E-state index in [1.165, 1.54) is 20.8 Å². The van der Waals surface area contributed by atoms with Crippen molar-refractivity contribution in [2.75, 3.05) is 92.1 Å². The van der Waals surface area contributed by atoms with E-state index >= 15 is 0 Å². The number of unbranched alkanes of at least 4 members (excludes halogenated alkanes) is 6. The smallest absolute Gasteiger partial charge is 0.334 e. The highest BCUT2D eigenvalue weighted by Crippen LogP contribution is 2.73. The summed E-state index contributed by atoms with van der Waals surface area (Å²) in [5.41, 5.74) is -2.31. The van der Waals surface area contributed by atoms with Crippen molar-refractivity contribution >= 4 is 71.0 Å². The van der Waals surface area contributed by atoms with Crippen LogP contribution in [0.3, 0.4) is 0 Å². The molecule has 8 rings (SSSR count). The number of nitrogens with one attached hydrogen (secondary N) is 10. The average molecular weight is 1770 g/mol. The molecule has 5 saturated heterocycles. The van der Waals surface area contributed by atoms with Gasteiger partial charge in [0.15, 0.2) is 18.9 Å². The summed E-state index contributed by atoms with van der Waals surface area (Å²) >= 11 is 0. The minimum Gasteiger partial charge on any atom is -0.459 e. The van der Waals surface area contributed by atoms with Crippen molar-refractivity contribution in [2.45, 2.75) is 337 Å². The first-order valence-corrected chi connectivity index (χ1v) is 44.7. The second-order valence-electron chi connectivity index (χ2n) is 35.0. The maximum Gasteiger partial charge on any atom is 0.334 e. The van der Waals surface area contributed by atoms with E-state index in [2.05, 4.69) is 60.1 Å². The number of hydrogen-bond acceptors (Lipinski definition) is 29. The van der Waals surface area contributed by atoms with Crippen LogP contribution in [0.25, 0.3) is 0 Å². The molecule has 8 aliphatic rings. The molecule has 39 nitrogen and oxygen atoms in total. The number of hydrogen-bond donors (Lipinski definition) is 17. The third-order valence-corrected chi connectivity index (χ3v) is 25.5. The maximum atomic E-state index is 14.7. The first-order valence-electron chi connectivity index (χ1n) is 44.7. The van der Waals surface area contributed by atoms with E-state index in [1.807, 2.05) is 20.8 Å². The highest BCUT2D eigenvalue weighted by Gasteiger charge is 2.84. The Hall–Kier alpha value is -7.22. The third kappa shape index (κ3) is 28.9. The number of amides is 10. The molecule has 124 heavy (non-hydrogen) atoms. The minimum atomic E-state index is -1.46. The largest absolute Gasteiger partial charge is 0.459 e. The molecule has 2 aliphatic carbocycles. The van der Waals surface area contributed by atoms with Gasteiger partial charge < -0.3 is 136 Å². The summed E-state index contributed by atoms with van der Waals surface area (Å²) in [5.74, 6) is -5.15. The lowest BCUT2D eigenvalue weighted by Crippen LogP contribution is -2.72. The van der Waals surface area contributed by atoms with Crippen molar-refractivity contribution in [3.63, 3.8) is 0 Å². The number of cyclic esters (lactones) is 1. The molecule has 6 aliphatic heterocycles. The van der Waals surface area contributed by atoms with Gasteiger partial charge in [0, 0.05) is 153 Å². The van der Waals surface area contributed by atoms with Crippen molar-refractivity contribution < 1.29 is 141 Å². The molecular formula is C85H140N10O29. The van der Waals surface area contributed by atoms with Gasteiger partial charge in [0.25, 0.3) is 0 Å². The molecule has 1 spiro atoms. The van der Waals surface area contributed by atoms with E-state index in [0.29, 0.717) is 121 Å². The van der Waals surface area contributed by atoms with Gasteiger partial charge in [-0.2, -0.15) is 0 Å². The van der Waals surface area contributed by atoms with Crippen molar-refractivity contribution in [2.24, 2.45) is 23.2 Å². The van der Waals surface area contributed by atoms with Gasteiger partial charge in [0.1, 0.15) is 72.6 Å². The third-order valence-electron chi connectivity index (χ3n) is 25.5. The van der Waals surface area contributed by atoms with Crippen LogP contribution in [0.5, 0.6) is 0 Å². The van der Waals surface area contributed by atoms with Crippen LogP contribution in [0.4, 0.5) is 0 Å². The van der Waals surface area contributed by atoms with Crippen LogP contribution < -0.4 is 53.2 Å². The number of fused-ring (bicyclic) bond motifs is 2. The van der Waals surface area contributed by atoms with E-state index < -0.39 is 169 Å². The quantitative estimate of drug-likeness (QED) is 0.0202. The Morgan fingerprint density at radius 3 is 1.38 bits per heavy atom. The van der Waals surface area contributed by atoms with Crippen LogP contribution in [0, 0.1) is 23.2 Å². The summed E-state index contributed by atoms with van der Waals surface area (Å²) < 4.78 is 60.4. The number of carbonyl (C=O) groups excluding carboxylic acids is 12. The van der Waals surface area contributed by atoms with Crippen molar-refractivity contribution in [1.29, 1.82) is 0 Å². The molecule has 20 atom stereocenters. The summed E-state index contributed by atoms with van der Waals surface area (Å²) in [4.78, 5) is 158. The van der Waals surface area contributed by atoms with Crippen molar-refractivity contribution in [1.82, 2.24) is 53.2 Å². The topological polar surface area (TPSA) is 562 Å². The predicted molar refractivity (Wildman–Crippen MR) is 440 cm³/mol. The van der Waals surface area contributed by atoms with Gasteiger partial charge in [-0.05, 0) is 128 Å². The molecule has 0 bridgehead atoms. The van der Waals surface area contributed by atoms with Gasteiger partial charge in [-0.1, -0.05) is 40.0 Å². The molecule has 0 aromatic carbocycles. The molecule has 704 valence electrons. The fraction of sp³-hybridized carbons (Fsp3) is 0.835. The molecule has 10 amide bonds. The number of aliphatic hydroxyl groups is 7. The Labute approximate surface area is 725 Å². The van der Waals surface area contributed by atoms with Crippen LogP contribution in [0.1, 0.15) is 228 Å². The Kier molecular flexibility index (Phi) is 41.1. The molecule has 2 unspecified atom stereocenters. The molecule has 0 radical (unpaired) electrons. The highest BCUT2D eigenvalue weighted by molar-refractivity contribution is 5.92. The van der Waals surface area contributed by atoms with Crippen LogP contribution in [-0.4, -0.2) is 308 Å². The number of aliphatic hydroxyl groups excluding tert-OH is 7. The Morgan fingerprint density at radius 2 is 0.952 bits per heavy atom. The van der Waals surface area contributed by atoms with E-state index in [-0.39, 0.29) is 190 Å². The molecule has 0 aromatic rings. The van der Waals surface area contributed by atoms with E-state index in [4.69, 9.17) is 47.4 Å². The summed E-state index contributed by atoms with van der Waals surface area (Å²) in [6.07, 6.45) is -4.83. The summed E-state index contributed by atoms with van der Waals surface area (Å²) in [7, 11) is 0. The highest BCUT2D eigenvalue weighted by atomic mass is 16.7. The first kappa shape index (κ1) is 102. The van der Waals surface area contributed by atoms with Crippen molar-refractivity contribution in [3.05, 3.63) is 11.1 Å². The van der Waals surface area contributed by atoms with Gasteiger partial charge in [-0.25, -0.2) is 4.79 Å². The summed E-state index contributed by atoms with van der Waals surface area (Å²) in [6.45, 7) is 12.8. The SMILES string of the molecule is CC(=O)N[C@H]1[C@H](OCCCCCC(=O)NCCCNC(=O)CCC(CCC(=O)NCCCNC(=O)CCCCCO[C@@H]2O[C@H](CO)[C@H](O)[C@H](O)[C@H]2NC(C)=O)(CCC(=O)NCCCNC(=O)CCCCCO[C@@H]2O[C@H](CO)CC[C@H]2NC(C)=O)NC(=O)CCC(=O)O[C@@H]2C(C(C)C)C[C@@H]3O[C@@]34[C@@]3(C)CCC5=C(COC5=O)C3CO[C@]24C)O[C@H](CO)[C@H](O)[C@@H]1O. The van der Waals surface area contributed by atoms with Gasteiger partial charge in [-0.15, -0.1) is 0 Å². The van der Waals surface area contributed by atoms with E-state index in [1.54, 1.807) is 0 Å².